The van der Waals surface area contributed by atoms with Crippen LogP contribution in [-0.2, 0) is 16.0 Å². The third-order valence-electron chi connectivity index (χ3n) is 5.52. The smallest absolute Gasteiger partial charge is 0.292 e. The maximum absolute atomic E-state index is 12.5. The van der Waals surface area contributed by atoms with Crippen LogP contribution in [0.3, 0.4) is 0 Å². The molecule has 0 spiro atoms. The zero-order valence-electron chi connectivity index (χ0n) is 18.3. The van der Waals surface area contributed by atoms with Gasteiger partial charge in [-0.1, -0.05) is 37.3 Å². The monoisotopic (exact) mass is 439 g/mol. The highest BCUT2D eigenvalue weighted by molar-refractivity contribution is 5.93. The van der Waals surface area contributed by atoms with E-state index in [9.17, 15) is 19.7 Å². The molecule has 2 aromatic carbocycles. The predicted molar refractivity (Wildman–Crippen MR) is 124 cm³/mol. The number of benzene rings is 2. The largest absolute Gasteiger partial charge is 0.379 e. The zero-order valence-corrected chi connectivity index (χ0v) is 18.3. The quantitative estimate of drug-likeness (QED) is 0.460. The van der Waals surface area contributed by atoms with Gasteiger partial charge in [0.15, 0.2) is 0 Å². The number of nitro groups is 1. The Kier molecular flexibility index (Phi) is 8.15. The fourth-order valence-electron chi connectivity index (χ4n) is 3.74. The van der Waals surface area contributed by atoms with E-state index in [0.29, 0.717) is 45.0 Å². The molecule has 0 unspecified atom stereocenters. The van der Waals surface area contributed by atoms with E-state index < -0.39 is 4.92 Å². The van der Waals surface area contributed by atoms with Gasteiger partial charge in [-0.2, -0.15) is 0 Å². The van der Waals surface area contributed by atoms with Gasteiger partial charge in [0.2, 0.25) is 11.8 Å². The molecule has 1 aliphatic rings. The number of nitro benzene ring substituents is 1. The lowest BCUT2D eigenvalue weighted by molar-refractivity contribution is -0.384. The summed E-state index contributed by atoms with van der Waals surface area (Å²) in [5, 5.41) is 17.0. The molecular formula is C23H29N5O4. The molecular weight excluding hydrogens is 410 g/mol. The number of anilines is 2. The number of nitrogens with zero attached hydrogens (tertiary/aromatic N) is 3. The van der Waals surface area contributed by atoms with Gasteiger partial charge in [-0.25, -0.2) is 0 Å². The van der Waals surface area contributed by atoms with Gasteiger partial charge in [0.05, 0.1) is 11.5 Å². The SMILES string of the molecule is CCc1ccccc1NC(=O)CN1CCN(C(=O)CCNc2ccccc2[N+](=O)[O-])CC1. The summed E-state index contributed by atoms with van der Waals surface area (Å²) in [6.45, 7) is 5.05. The first-order valence-corrected chi connectivity index (χ1v) is 10.8. The first-order valence-electron chi connectivity index (χ1n) is 10.8. The summed E-state index contributed by atoms with van der Waals surface area (Å²) < 4.78 is 0. The number of hydrogen-bond donors (Lipinski definition) is 2. The number of nitrogens with one attached hydrogen (secondary N) is 2. The van der Waals surface area contributed by atoms with Crippen molar-refractivity contribution in [3.8, 4) is 0 Å². The van der Waals surface area contributed by atoms with E-state index >= 15 is 0 Å². The summed E-state index contributed by atoms with van der Waals surface area (Å²) in [5.74, 6) is -0.0589. The van der Waals surface area contributed by atoms with Crippen LogP contribution in [0, 0.1) is 10.1 Å². The average Bonchev–Trinajstić information content (AvgIpc) is 2.80. The molecule has 0 radical (unpaired) electrons. The summed E-state index contributed by atoms with van der Waals surface area (Å²) >= 11 is 0. The van der Waals surface area contributed by atoms with E-state index in [-0.39, 0.29) is 23.9 Å². The van der Waals surface area contributed by atoms with E-state index in [0.717, 1.165) is 17.7 Å². The second-order valence-electron chi connectivity index (χ2n) is 7.67. The van der Waals surface area contributed by atoms with Crippen LogP contribution in [0.2, 0.25) is 0 Å². The van der Waals surface area contributed by atoms with Crippen molar-refractivity contribution in [3.05, 3.63) is 64.2 Å². The molecule has 9 heteroatoms. The van der Waals surface area contributed by atoms with Crippen LogP contribution in [0.25, 0.3) is 0 Å². The number of para-hydroxylation sites is 3. The minimum atomic E-state index is -0.444. The number of hydrogen-bond acceptors (Lipinski definition) is 6. The van der Waals surface area contributed by atoms with E-state index in [1.165, 1.54) is 6.07 Å². The molecule has 1 aliphatic heterocycles. The van der Waals surface area contributed by atoms with E-state index in [1.807, 2.05) is 29.2 Å². The first-order chi connectivity index (χ1) is 15.5. The van der Waals surface area contributed by atoms with Gasteiger partial charge in [-0.15, -0.1) is 0 Å². The number of rotatable bonds is 9. The molecule has 0 atom stereocenters. The lowest BCUT2D eigenvalue weighted by atomic mass is 10.1. The Labute approximate surface area is 187 Å². The molecule has 2 aromatic rings. The zero-order chi connectivity index (χ0) is 22.9. The van der Waals surface area contributed by atoms with E-state index in [4.69, 9.17) is 0 Å². The summed E-state index contributed by atoms with van der Waals surface area (Å²) in [5.41, 5.74) is 2.35. The molecule has 2 N–H and O–H groups in total. The third kappa shape index (κ3) is 6.27. The number of carbonyl (C=O) groups is 2. The fraction of sp³-hybridized carbons (Fsp3) is 0.391. The van der Waals surface area contributed by atoms with Gasteiger partial charge in [-0.05, 0) is 24.1 Å². The van der Waals surface area contributed by atoms with Gasteiger partial charge < -0.3 is 15.5 Å². The molecule has 1 saturated heterocycles. The first kappa shape index (κ1) is 23.2. The predicted octanol–water partition coefficient (Wildman–Crippen LogP) is 2.74. The molecule has 3 rings (SSSR count). The van der Waals surface area contributed by atoms with Crippen molar-refractivity contribution in [2.24, 2.45) is 0 Å². The lowest BCUT2D eigenvalue weighted by Crippen LogP contribution is -2.50. The van der Waals surface area contributed by atoms with Gasteiger partial charge >= 0.3 is 0 Å². The van der Waals surface area contributed by atoms with E-state index in [1.54, 1.807) is 23.1 Å². The maximum atomic E-state index is 12.5. The summed E-state index contributed by atoms with van der Waals surface area (Å²) in [4.78, 5) is 39.4. The summed E-state index contributed by atoms with van der Waals surface area (Å²) in [6, 6.07) is 14.2. The van der Waals surface area contributed by atoms with Crippen molar-refractivity contribution in [2.75, 3.05) is 49.9 Å². The minimum absolute atomic E-state index is 0.00272. The number of amides is 2. The minimum Gasteiger partial charge on any atom is -0.379 e. The molecule has 0 saturated carbocycles. The van der Waals surface area contributed by atoms with Crippen molar-refractivity contribution in [3.63, 3.8) is 0 Å². The van der Waals surface area contributed by atoms with Crippen molar-refractivity contribution in [2.45, 2.75) is 19.8 Å². The Morgan fingerprint density at radius 3 is 2.34 bits per heavy atom. The number of carbonyl (C=O) groups excluding carboxylic acids is 2. The van der Waals surface area contributed by atoms with Gasteiger partial charge in [0.25, 0.3) is 5.69 Å². The van der Waals surface area contributed by atoms with Crippen LogP contribution in [0.4, 0.5) is 17.1 Å². The van der Waals surface area contributed by atoms with Crippen molar-refractivity contribution >= 4 is 28.9 Å². The summed E-state index contributed by atoms with van der Waals surface area (Å²) in [7, 11) is 0. The molecule has 170 valence electrons. The topological polar surface area (TPSA) is 108 Å². The lowest BCUT2D eigenvalue weighted by Gasteiger charge is -2.34. The van der Waals surface area contributed by atoms with Gasteiger partial charge in [-0.3, -0.25) is 24.6 Å². The second-order valence-corrected chi connectivity index (χ2v) is 7.67. The standard InChI is InChI=1S/C23H29N5O4/c1-2-18-7-3-4-8-19(18)25-22(29)17-26-13-15-27(16-14-26)23(30)11-12-24-20-9-5-6-10-21(20)28(31)32/h3-10,24H,2,11-17H2,1H3,(H,25,29). The summed E-state index contributed by atoms with van der Waals surface area (Å²) in [6.07, 6.45) is 1.10. The normalized spacial score (nSPS) is 14.1. The van der Waals surface area contributed by atoms with E-state index in [2.05, 4.69) is 17.6 Å². The van der Waals surface area contributed by atoms with Crippen LogP contribution in [-0.4, -0.2) is 65.8 Å². The molecule has 1 fully saturated rings. The Balaban J connectivity index is 1.40. The maximum Gasteiger partial charge on any atom is 0.292 e. The highest BCUT2D eigenvalue weighted by Crippen LogP contribution is 2.23. The van der Waals surface area contributed by atoms with Crippen molar-refractivity contribution < 1.29 is 14.5 Å². The second kappa shape index (κ2) is 11.2. The highest BCUT2D eigenvalue weighted by Gasteiger charge is 2.22. The molecule has 2 amide bonds. The highest BCUT2D eigenvalue weighted by atomic mass is 16.6. The average molecular weight is 440 g/mol. The Morgan fingerprint density at radius 1 is 1.00 bits per heavy atom. The van der Waals surface area contributed by atoms with Gasteiger partial charge in [0.1, 0.15) is 5.69 Å². The Morgan fingerprint density at radius 2 is 1.66 bits per heavy atom. The molecule has 32 heavy (non-hydrogen) atoms. The molecule has 0 bridgehead atoms. The Hall–Kier alpha value is -3.46. The number of piperazine rings is 1. The van der Waals surface area contributed by atoms with Crippen LogP contribution in [0.1, 0.15) is 18.9 Å². The molecule has 9 nitrogen and oxygen atoms in total. The van der Waals surface area contributed by atoms with Crippen molar-refractivity contribution in [1.29, 1.82) is 0 Å². The molecule has 0 aliphatic carbocycles. The molecule has 1 heterocycles. The number of aryl methyl sites for hydroxylation is 1. The molecule has 0 aromatic heterocycles. The van der Waals surface area contributed by atoms with Crippen LogP contribution in [0.5, 0.6) is 0 Å². The van der Waals surface area contributed by atoms with Gasteiger partial charge in [0, 0.05) is 50.9 Å². The Bertz CT molecular complexity index is 957. The fourth-order valence-corrected chi connectivity index (χ4v) is 3.74. The van der Waals surface area contributed by atoms with Crippen LogP contribution in [0.15, 0.2) is 48.5 Å². The third-order valence-corrected chi connectivity index (χ3v) is 5.52. The van der Waals surface area contributed by atoms with Crippen LogP contribution < -0.4 is 10.6 Å². The van der Waals surface area contributed by atoms with Crippen LogP contribution >= 0.6 is 0 Å². The van der Waals surface area contributed by atoms with Crippen molar-refractivity contribution in [1.82, 2.24) is 9.80 Å².